The van der Waals surface area contributed by atoms with Crippen molar-refractivity contribution >= 4 is 0 Å². The Morgan fingerprint density at radius 1 is 1.33 bits per heavy atom. The van der Waals surface area contributed by atoms with E-state index in [0.717, 1.165) is 6.42 Å². The van der Waals surface area contributed by atoms with Gasteiger partial charge in [-0.3, -0.25) is 0 Å². The van der Waals surface area contributed by atoms with E-state index in [9.17, 15) is 5.11 Å². The van der Waals surface area contributed by atoms with Crippen LogP contribution in [0.4, 0.5) is 0 Å². The van der Waals surface area contributed by atoms with Gasteiger partial charge in [-0.2, -0.15) is 0 Å². The first-order chi connectivity index (χ1) is 4.38. The van der Waals surface area contributed by atoms with Crippen molar-refractivity contribution in [3.8, 4) is 0 Å². The molecule has 0 unspecified atom stereocenters. The van der Waals surface area contributed by atoms with Crippen LogP contribution in [0.3, 0.4) is 0 Å². The Kier molecular flexibility index (Phi) is 1.22. The van der Waals surface area contributed by atoms with E-state index >= 15 is 0 Å². The molecule has 3 nitrogen and oxygen atoms in total. The fourth-order valence-electron chi connectivity index (χ4n) is 1.43. The Bertz CT molecular complexity index is 115. The van der Waals surface area contributed by atoms with Crippen LogP contribution in [0.15, 0.2) is 0 Å². The summed E-state index contributed by atoms with van der Waals surface area (Å²) in [6, 6.07) is 0. The fourth-order valence-corrected chi connectivity index (χ4v) is 1.43. The summed E-state index contributed by atoms with van der Waals surface area (Å²) in [6.45, 7) is 1.05. The third kappa shape index (κ3) is 0.764. The van der Waals surface area contributed by atoms with Crippen molar-refractivity contribution in [2.45, 2.75) is 18.8 Å². The average molecular weight is 129 g/mol. The van der Waals surface area contributed by atoms with Crippen LogP contribution in [-0.4, -0.2) is 25.6 Å². The van der Waals surface area contributed by atoms with Crippen molar-refractivity contribution in [2.75, 3.05) is 13.2 Å². The molecule has 2 aliphatic rings. The molecule has 2 heterocycles. The third-order valence-corrected chi connectivity index (χ3v) is 1.99. The first-order valence-corrected chi connectivity index (χ1v) is 3.27. The van der Waals surface area contributed by atoms with Crippen LogP contribution in [-0.2, 0) is 14.6 Å². The van der Waals surface area contributed by atoms with Gasteiger partial charge in [-0.15, -0.1) is 0 Å². The van der Waals surface area contributed by atoms with Crippen LogP contribution < -0.4 is 0 Å². The molecule has 0 amide bonds. The van der Waals surface area contributed by atoms with Crippen LogP contribution in [0, 0.1) is 5.92 Å². The SMILES string of the molecule is [O][C@H]1CO[C@H]2OCC[C@H]21. The molecule has 0 spiro atoms. The van der Waals surface area contributed by atoms with Gasteiger partial charge in [-0.25, -0.2) is 5.11 Å². The first kappa shape index (κ1) is 5.65. The van der Waals surface area contributed by atoms with E-state index in [2.05, 4.69) is 0 Å². The summed E-state index contributed by atoms with van der Waals surface area (Å²) in [5, 5.41) is 10.9. The minimum absolute atomic E-state index is 0.144. The predicted octanol–water partition coefficient (Wildman–Crippen LogP) is 0.178. The highest BCUT2D eigenvalue weighted by molar-refractivity contribution is 4.81. The Balaban J connectivity index is 2.07. The summed E-state index contributed by atoms with van der Waals surface area (Å²) in [6.07, 6.45) is 0.198. The van der Waals surface area contributed by atoms with Crippen molar-refractivity contribution in [1.29, 1.82) is 0 Å². The Morgan fingerprint density at radius 3 is 3.00 bits per heavy atom. The maximum absolute atomic E-state index is 10.9. The zero-order chi connectivity index (χ0) is 6.27. The second kappa shape index (κ2) is 1.94. The van der Waals surface area contributed by atoms with Crippen molar-refractivity contribution in [1.82, 2.24) is 0 Å². The van der Waals surface area contributed by atoms with Crippen LogP contribution in [0.1, 0.15) is 6.42 Å². The van der Waals surface area contributed by atoms with Crippen molar-refractivity contribution in [3.05, 3.63) is 0 Å². The van der Waals surface area contributed by atoms with Crippen LogP contribution >= 0.6 is 0 Å². The van der Waals surface area contributed by atoms with Gasteiger partial charge in [0, 0.05) is 5.92 Å². The molecule has 51 valence electrons. The van der Waals surface area contributed by atoms with Gasteiger partial charge in [0.1, 0.15) is 6.10 Å². The third-order valence-electron chi connectivity index (χ3n) is 1.99. The van der Waals surface area contributed by atoms with Gasteiger partial charge in [0.25, 0.3) is 0 Å². The largest absolute Gasteiger partial charge is 0.352 e. The second-order valence-electron chi connectivity index (χ2n) is 2.56. The molecule has 0 aromatic heterocycles. The van der Waals surface area contributed by atoms with Gasteiger partial charge >= 0.3 is 0 Å². The molecule has 1 radical (unpaired) electrons. The summed E-state index contributed by atoms with van der Waals surface area (Å²) in [4.78, 5) is 0. The van der Waals surface area contributed by atoms with Crippen LogP contribution in [0.5, 0.6) is 0 Å². The highest BCUT2D eigenvalue weighted by Crippen LogP contribution is 2.30. The number of ether oxygens (including phenoxy) is 2. The van der Waals surface area contributed by atoms with Gasteiger partial charge in [0.05, 0.1) is 13.2 Å². The molecule has 2 rings (SSSR count). The smallest absolute Gasteiger partial charge is 0.163 e. The summed E-state index contributed by atoms with van der Waals surface area (Å²) in [5.41, 5.74) is 0. The van der Waals surface area contributed by atoms with E-state index < -0.39 is 6.10 Å². The van der Waals surface area contributed by atoms with Gasteiger partial charge in [0.15, 0.2) is 6.29 Å². The second-order valence-corrected chi connectivity index (χ2v) is 2.56. The van der Waals surface area contributed by atoms with Crippen molar-refractivity contribution in [3.63, 3.8) is 0 Å². The molecule has 0 bridgehead atoms. The van der Waals surface area contributed by atoms with Gasteiger partial charge in [0.2, 0.25) is 0 Å². The lowest BCUT2D eigenvalue weighted by Crippen LogP contribution is -2.17. The molecule has 3 atom stereocenters. The molecule has 0 aliphatic carbocycles. The lowest BCUT2D eigenvalue weighted by Gasteiger charge is -2.05. The maximum atomic E-state index is 10.9. The zero-order valence-electron chi connectivity index (χ0n) is 5.08. The van der Waals surface area contributed by atoms with Crippen molar-refractivity contribution < 1.29 is 14.6 Å². The monoisotopic (exact) mass is 129 g/mol. The van der Waals surface area contributed by atoms with E-state index in [-0.39, 0.29) is 12.2 Å². The molecule has 0 aromatic carbocycles. The highest BCUT2D eigenvalue weighted by Gasteiger charge is 2.41. The van der Waals surface area contributed by atoms with Gasteiger partial charge < -0.3 is 9.47 Å². The van der Waals surface area contributed by atoms with E-state index in [0.29, 0.717) is 13.2 Å². The van der Waals surface area contributed by atoms with E-state index in [1.807, 2.05) is 0 Å². The number of fused-ring (bicyclic) bond motifs is 1. The molecular formula is C6H9O3. The van der Waals surface area contributed by atoms with E-state index in [1.165, 1.54) is 0 Å². The summed E-state index contributed by atoms with van der Waals surface area (Å²) in [5.74, 6) is 0.144. The summed E-state index contributed by atoms with van der Waals surface area (Å²) in [7, 11) is 0. The number of hydrogen-bond acceptors (Lipinski definition) is 2. The number of rotatable bonds is 0. The van der Waals surface area contributed by atoms with Crippen molar-refractivity contribution in [2.24, 2.45) is 5.92 Å². The Labute approximate surface area is 53.6 Å². The molecule has 2 fully saturated rings. The van der Waals surface area contributed by atoms with Crippen LogP contribution in [0.2, 0.25) is 0 Å². The molecule has 2 aliphatic heterocycles. The summed E-state index contributed by atoms with van der Waals surface area (Å²) >= 11 is 0. The van der Waals surface area contributed by atoms with E-state index in [4.69, 9.17) is 9.47 Å². The molecule has 0 aromatic rings. The lowest BCUT2D eigenvalue weighted by molar-refractivity contribution is -0.0908. The predicted molar refractivity (Wildman–Crippen MR) is 28.3 cm³/mol. The standard InChI is InChI=1S/C6H9O3/c7-5-3-9-6-4(5)1-2-8-6/h4-6H,1-3H2/t4-,5-,6+/m0/s1. The number of hydrogen-bond donors (Lipinski definition) is 0. The first-order valence-electron chi connectivity index (χ1n) is 3.27. The average Bonchev–Trinajstić information content (AvgIpc) is 2.35. The van der Waals surface area contributed by atoms with Gasteiger partial charge in [-0.1, -0.05) is 0 Å². The maximum Gasteiger partial charge on any atom is 0.163 e. The quantitative estimate of drug-likeness (QED) is 0.468. The Hall–Kier alpha value is -0.120. The van der Waals surface area contributed by atoms with Crippen LogP contribution in [0.25, 0.3) is 0 Å². The minimum atomic E-state index is -0.530. The molecule has 0 saturated carbocycles. The summed E-state index contributed by atoms with van der Waals surface area (Å²) < 4.78 is 10.2. The molecular weight excluding hydrogens is 120 g/mol. The molecule has 9 heavy (non-hydrogen) atoms. The lowest BCUT2D eigenvalue weighted by atomic mass is 10.0. The molecule has 2 saturated heterocycles. The highest BCUT2D eigenvalue weighted by atomic mass is 16.7. The fraction of sp³-hybridized carbons (Fsp3) is 1.00. The van der Waals surface area contributed by atoms with E-state index in [1.54, 1.807) is 0 Å². The minimum Gasteiger partial charge on any atom is -0.352 e. The van der Waals surface area contributed by atoms with Gasteiger partial charge in [-0.05, 0) is 6.42 Å². The molecule has 0 N–H and O–H groups in total. The topological polar surface area (TPSA) is 38.4 Å². The Morgan fingerprint density at radius 2 is 2.22 bits per heavy atom. The normalized spacial score (nSPS) is 49.7. The zero-order valence-corrected chi connectivity index (χ0v) is 5.08. The molecule has 3 heteroatoms.